The summed E-state index contributed by atoms with van der Waals surface area (Å²) in [6.07, 6.45) is 2.76. The highest BCUT2D eigenvalue weighted by Crippen LogP contribution is 2.32. The molecule has 3 aromatic carbocycles. The van der Waals surface area contributed by atoms with Gasteiger partial charge in [0.25, 0.3) is 0 Å². The van der Waals surface area contributed by atoms with Crippen LogP contribution in [0.5, 0.6) is 5.75 Å². The molecular formula is C37H46N2O4. The Morgan fingerprint density at radius 3 is 2.21 bits per heavy atom. The lowest BCUT2D eigenvalue weighted by atomic mass is 9.86. The Labute approximate surface area is 257 Å². The molecule has 6 heteroatoms. The van der Waals surface area contributed by atoms with Gasteiger partial charge in [-0.25, -0.2) is 9.78 Å². The first-order valence-electron chi connectivity index (χ1n) is 15.2. The second-order valence-electron chi connectivity index (χ2n) is 11.6. The van der Waals surface area contributed by atoms with Gasteiger partial charge in [-0.05, 0) is 90.2 Å². The Hall–Kier alpha value is -4.19. The van der Waals surface area contributed by atoms with E-state index in [2.05, 4.69) is 62.2 Å². The zero-order valence-electron chi connectivity index (χ0n) is 27.2. The molecule has 0 spiro atoms. The molecule has 1 heterocycles. The molecule has 0 N–H and O–H groups in total. The van der Waals surface area contributed by atoms with Crippen LogP contribution in [0, 0.1) is 12.3 Å². The van der Waals surface area contributed by atoms with Crippen molar-refractivity contribution in [2.24, 2.45) is 5.41 Å². The van der Waals surface area contributed by atoms with E-state index >= 15 is 0 Å². The van der Waals surface area contributed by atoms with Crippen LogP contribution in [-0.4, -0.2) is 30.1 Å². The molecule has 1 aromatic heterocycles. The number of carbonyl (C=O) groups excluding carboxylic acids is 2. The standard InChI is InChI=1S/C35H40N2O4.C2H6/c1-8-35(5,6)21-32(38)37(22-25-9-11-26(12-10-25)27-14-16-31(40-7)24(4)19-27)33-30-15-13-29(34(39)41-23(2)3)20-28(30)17-18-36-33;1-2/h9-20,23H,8,21-22H2,1-7H3;1-2H3. The third-order valence-corrected chi connectivity index (χ3v) is 7.49. The fourth-order valence-corrected chi connectivity index (χ4v) is 4.74. The zero-order chi connectivity index (χ0) is 31.7. The van der Waals surface area contributed by atoms with Gasteiger partial charge < -0.3 is 9.47 Å². The summed E-state index contributed by atoms with van der Waals surface area (Å²) in [6, 6.07) is 21.7. The number of amides is 1. The molecule has 0 saturated heterocycles. The van der Waals surface area contributed by atoms with Gasteiger partial charge in [-0.3, -0.25) is 9.69 Å². The van der Waals surface area contributed by atoms with E-state index in [1.165, 1.54) is 0 Å². The van der Waals surface area contributed by atoms with Crippen molar-refractivity contribution >= 4 is 28.5 Å². The number of rotatable bonds is 10. The monoisotopic (exact) mass is 582 g/mol. The van der Waals surface area contributed by atoms with E-state index in [0.29, 0.717) is 24.3 Å². The molecule has 0 saturated carbocycles. The minimum atomic E-state index is -0.370. The molecule has 0 fully saturated rings. The van der Waals surface area contributed by atoms with Crippen LogP contribution in [0.2, 0.25) is 0 Å². The summed E-state index contributed by atoms with van der Waals surface area (Å²) in [6.45, 7) is 16.4. The summed E-state index contributed by atoms with van der Waals surface area (Å²) in [4.78, 5) is 32.8. The molecule has 228 valence electrons. The quantitative estimate of drug-likeness (QED) is 0.174. The topological polar surface area (TPSA) is 68.7 Å². The first-order valence-corrected chi connectivity index (χ1v) is 15.2. The normalized spacial score (nSPS) is 11.1. The second kappa shape index (κ2) is 14.8. The average molecular weight is 583 g/mol. The van der Waals surface area contributed by atoms with Crippen molar-refractivity contribution in [2.45, 2.75) is 80.9 Å². The molecule has 6 nitrogen and oxygen atoms in total. The third-order valence-electron chi connectivity index (χ3n) is 7.49. The maximum atomic E-state index is 13.8. The number of aromatic nitrogens is 1. The van der Waals surface area contributed by atoms with Crippen molar-refractivity contribution in [3.05, 3.63) is 89.6 Å². The second-order valence-corrected chi connectivity index (χ2v) is 11.6. The van der Waals surface area contributed by atoms with Crippen LogP contribution in [0.1, 0.15) is 82.8 Å². The molecule has 1 amide bonds. The van der Waals surface area contributed by atoms with Crippen molar-refractivity contribution in [1.29, 1.82) is 0 Å². The SMILES string of the molecule is CC.CCC(C)(C)CC(=O)N(Cc1ccc(-c2ccc(OC)c(C)c2)cc1)c1nccc2cc(C(=O)OC(C)C)ccc12. The van der Waals surface area contributed by atoms with Crippen LogP contribution in [0.4, 0.5) is 5.82 Å². The van der Waals surface area contributed by atoms with Gasteiger partial charge in [0.2, 0.25) is 5.91 Å². The molecule has 0 aliphatic heterocycles. The highest BCUT2D eigenvalue weighted by molar-refractivity contribution is 6.04. The number of aryl methyl sites for hydroxylation is 1. The Kier molecular flexibility index (Phi) is 11.5. The van der Waals surface area contributed by atoms with E-state index in [9.17, 15) is 9.59 Å². The van der Waals surface area contributed by atoms with Gasteiger partial charge in [0.05, 0.1) is 25.3 Å². The van der Waals surface area contributed by atoms with Crippen LogP contribution in [0.3, 0.4) is 0 Å². The predicted octanol–water partition coefficient (Wildman–Crippen LogP) is 9.17. The fourth-order valence-electron chi connectivity index (χ4n) is 4.74. The minimum absolute atomic E-state index is 0.00926. The predicted molar refractivity (Wildman–Crippen MR) is 177 cm³/mol. The number of carbonyl (C=O) groups is 2. The largest absolute Gasteiger partial charge is 0.496 e. The number of hydrogen-bond acceptors (Lipinski definition) is 5. The van der Waals surface area contributed by atoms with E-state index in [-0.39, 0.29) is 23.4 Å². The molecule has 43 heavy (non-hydrogen) atoms. The summed E-state index contributed by atoms with van der Waals surface area (Å²) in [5.74, 6) is 1.08. The molecule has 0 bridgehead atoms. The number of anilines is 1. The molecule has 0 aliphatic carbocycles. The van der Waals surface area contributed by atoms with Crippen LogP contribution in [-0.2, 0) is 16.1 Å². The average Bonchev–Trinajstić information content (AvgIpc) is 3.00. The van der Waals surface area contributed by atoms with E-state index < -0.39 is 0 Å². The van der Waals surface area contributed by atoms with Gasteiger partial charge in [-0.15, -0.1) is 0 Å². The molecule has 0 unspecified atom stereocenters. The van der Waals surface area contributed by atoms with Gasteiger partial charge >= 0.3 is 5.97 Å². The lowest BCUT2D eigenvalue weighted by Gasteiger charge is -2.28. The summed E-state index contributed by atoms with van der Waals surface area (Å²) < 4.78 is 10.8. The number of esters is 1. The van der Waals surface area contributed by atoms with Crippen LogP contribution in [0.15, 0.2) is 72.9 Å². The number of nitrogens with zero attached hydrogens (tertiary/aromatic N) is 2. The van der Waals surface area contributed by atoms with Gasteiger partial charge in [0, 0.05) is 18.0 Å². The molecule has 0 radical (unpaired) electrons. The number of pyridine rings is 1. The fraction of sp³-hybridized carbons (Fsp3) is 0.378. The maximum Gasteiger partial charge on any atom is 0.338 e. The number of hydrogen-bond donors (Lipinski definition) is 0. The number of methoxy groups -OCH3 is 1. The van der Waals surface area contributed by atoms with Crippen molar-refractivity contribution in [3.8, 4) is 16.9 Å². The molecule has 0 aliphatic rings. The highest BCUT2D eigenvalue weighted by Gasteiger charge is 2.27. The number of ether oxygens (including phenoxy) is 2. The first kappa shape index (κ1) is 33.3. The summed E-state index contributed by atoms with van der Waals surface area (Å²) in [7, 11) is 1.68. The van der Waals surface area contributed by atoms with E-state index in [1.54, 1.807) is 30.3 Å². The van der Waals surface area contributed by atoms with Crippen molar-refractivity contribution in [2.75, 3.05) is 12.0 Å². The number of benzene rings is 3. The van der Waals surface area contributed by atoms with E-state index in [1.807, 2.05) is 52.8 Å². The van der Waals surface area contributed by atoms with Gasteiger partial charge in [-0.1, -0.05) is 71.4 Å². The first-order chi connectivity index (χ1) is 20.5. The molecule has 4 rings (SSSR count). The van der Waals surface area contributed by atoms with E-state index in [0.717, 1.165) is 45.2 Å². The summed E-state index contributed by atoms with van der Waals surface area (Å²) >= 11 is 0. The maximum absolute atomic E-state index is 13.8. The van der Waals surface area contributed by atoms with Crippen LogP contribution >= 0.6 is 0 Å². The molecular weight excluding hydrogens is 536 g/mol. The van der Waals surface area contributed by atoms with E-state index in [4.69, 9.17) is 9.47 Å². The highest BCUT2D eigenvalue weighted by atomic mass is 16.5. The number of fused-ring (bicyclic) bond motifs is 1. The van der Waals surface area contributed by atoms with Gasteiger partial charge in [0.15, 0.2) is 0 Å². The lowest BCUT2D eigenvalue weighted by Crippen LogP contribution is -2.34. The Bertz CT molecular complexity index is 1540. The van der Waals surface area contributed by atoms with Crippen molar-refractivity contribution in [3.63, 3.8) is 0 Å². The van der Waals surface area contributed by atoms with Crippen LogP contribution < -0.4 is 9.64 Å². The lowest BCUT2D eigenvalue weighted by molar-refractivity contribution is -0.120. The van der Waals surface area contributed by atoms with Crippen molar-refractivity contribution in [1.82, 2.24) is 4.98 Å². The third kappa shape index (κ3) is 8.44. The van der Waals surface area contributed by atoms with Gasteiger partial charge in [-0.2, -0.15) is 0 Å². The molecule has 0 atom stereocenters. The molecule has 4 aromatic rings. The Balaban J connectivity index is 0.00000248. The van der Waals surface area contributed by atoms with Crippen LogP contribution in [0.25, 0.3) is 21.9 Å². The summed E-state index contributed by atoms with van der Waals surface area (Å²) in [5, 5.41) is 1.63. The summed E-state index contributed by atoms with van der Waals surface area (Å²) in [5.41, 5.74) is 4.59. The zero-order valence-corrected chi connectivity index (χ0v) is 27.2. The Morgan fingerprint density at radius 1 is 0.930 bits per heavy atom. The van der Waals surface area contributed by atoms with Crippen molar-refractivity contribution < 1.29 is 19.1 Å². The Morgan fingerprint density at radius 2 is 1.60 bits per heavy atom. The smallest absolute Gasteiger partial charge is 0.338 e. The minimum Gasteiger partial charge on any atom is -0.496 e. The van der Waals surface area contributed by atoms with Gasteiger partial charge in [0.1, 0.15) is 11.6 Å².